The molecule has 0 saturated heterocycles. The number of nitro groups is 1. The van der Waals surface area contributed by atoms with E-state index in [1.165, 1.54) is 0 Å². The number of hydrogen-bond donors (Lipinski definition) is 1. The normalized spacial score (nSPS) is 11.8. The molecule has 0 amide bonds. The Morgan fingerprint density at radius 3 is 2.48 bits per heavy atom. The summed E-state index contributed by atoms with van der Waals surface area (Å²) in [6, 6.07) is 0.549. The van der Waals surface area contributed by atoms with Gasteiger partial charge in [-0.25, -0.2) is 4.39 Å². The Balaban J connectivity index is 2.89. The molecule has 0 aliphatic rings. The van der Waals surface area contributed by atoms with Gasteiger partial charge in [0.05, 0.1) is 14.4 Å². The fourth-order valence-corrected chi connectivity index (χ4v) is 2.91. The third-order valence-electron chi connectivity index (χ3n) is 2.86. The molecule has 124 valence electrons. The van der Waals surface area contributed by atoms with Crippen LogP contribution in [-0.4, -0.2) is 19.8 Å². The van der Waals surface area contributed by atoms with Crippen LogP contribution in [-0.2, 0) is 13.2 Å². The molecule has 1 aromatic carbocycles. The van der Waals surface area contributed by atoms with Gasteiger partial charge in [0.2, 0.25) is 5.75 Å². The van der Waals surface area contributed by atoms with Gasteiger partial charge >= 0.3 is 11.9 Å². The first kappa shape index (κ1) is 17.5. The minimum atomic E-state index is -4.83. The molecule has 0 unspecified atom stereocenters. The van der Waals surface area contributed by atoms with Crippen LogP contribution in [0.15, 0.2) is 10.5 Å². The van der Waals surface area contributed by atoms with Crippen molar-refractivity contribution in [2.45, 2.75) is 6.18 Å². The third-order valence-corrected chi connectivity index (χ3v) is 3.90. The molecule has 0 atom stereocenters. The molecule has 1 heterocycles. The standard InChI is InChI=1S/C11H5BrClF4N3O3/c1-19-10(11(15,16)17)6(12)7(18-19)5-4(14)2-3(13)9(21)8(5)20(22)23/h2,21H,1H3. The van der Waals surface area contributed by atoms with E-state index >= 15 is 0 Å². The molecule has 6 nitrogen and oxygen atoms in total. The summed E-state index contributed by atoms with van der Waals surface area (Å²) in [6.07, 6.45) is -4.83. The summed E-state index contributed by atoms with van der Waals surface area (Å²) in [5, 5.41) is 23.5. The molecule has 1 N–H and O–H groups in total. The molecule has 2 rings (SSSR count). The van der Waals surface area contributed by atoms with Crippen LogP contribution in [0.1, 0.15) is 5.69 Å². The first-order valence-corrected chi connectivity index (χ1v) is 6.79. The maximum absolute atomic E-state index is 14.1. The zero-order valence-corrected chi connectivity index (χ0v) is 13.3. The first-order valence-electron chi connectivity index (χ1n) is 5.62. The Morgan fingerprint density at radius 1 is 1.48 bits per heavy atom. The second-order valence-electron chi connectivity index (χ2n) is 4.30. The number of benzene rings is 1. The van der Waals surface area contributed by atoms with Crippen LogP contribution >= 0.6 is 27.5 Å². The number of aromatic nitrogens is 2. The van der Waals surface area contributed by atoms with Gasteiger partial charge < -0.3 is 5.11 Å². The van der Waals surface area contributed by atoms with E-state index in [0.717, 1.165) is 7.05 Å². The van der Waals surface area contributed by atoms with E-state index in [-0.39, 0.29) is 0 Å². The highest BCUT2D eigenvalue weighted by Gasteiger charge is 2.41. The van der Waals surface area contributed by atoms with Gasteiger partial charge in [-0.15, -0.1) is 0 Å². The molecule has 0 fully saturated rings. The molecular formula is C11H5BrClF4N3O3. The average Bonchev–Trinajstić information content (AvgIpc) is 2.67. The predicted octanol–water partition coefficient (Wildman–Crippen LogP) is 4.27. The Morgan fingerprint density at radius 2 is 2.04 bits per heavy atom. The van der Waals surface area contributed by atoms with Gasteiger partial charge in [-0.2, -0.15) is 18.3 Å². The average molecular weight is 419 g/mol. The highest BCUT2D eigenvalue weighted by molar-refractivity contribution is 9.10. The molecule has 0 spiro atoms. The maximum atomic E-state index is 14.1. The van der Waals surface area contributed by atoms with Crippen LogP contribution in [0.4, 0.5) is 23.2 Å². The minimum Gasteiger partial charge on any atom is -0.501 e. The number of phenols is 1. The van der Waals surface area contributed by atoms with Crippen LogP contribution in [0.2, 0.25) is 5.02 Å². The number of aryl methyl sites for hydroxylation is 1. The van der Waals surface area contributed by atoms with Crippen LogP contribution < -0.4 is 0 Å². The lowest BCUT2D eigenvalue weighted by atomic mass is 10.1. The van der Waals surface area contributed by atoms with Crippen molar-refractivity contribution in [3.63, 3.8) is 0 Å². The van der Waals surface area contributed by atoms with E-state index in [2.05, 4.69) is 21.0 Å². The minimum absolute atomic E-state index is 0.397. The van der Waals surface area contributed by atoms with Gasteiger partial charge in [-0.05, 0) is 22.0 Å². The quantitative estimate of drug-likeness (QED) is 0.448. The highest BCUT2D eigenvalue weighted by Crippen LogP contribution is 2.47. The summed E-state index contributed by atoms with van der Waals surface area (Å²) in [5.74, 6) is -2.37. The molecule has 0 radical (unpaired) electrons. The number of aromatic hydroxyl groups is 1. The molecule has 0 bridgehead atoms. The predicted molar refractivity (Wildman–Crippen MR) is 74.6 cm³/mol. The largest absolute Gasteiger partial charge is 0.501 e. The molecule has 2 aromatic rings. The van der Waals surface area contributed by atoms with Crippen molar-refractivity contribution < 1.29 is 27.6 Å². The molecule has 0 aliphatic heterocycles. The van der Waals surface area contributed by atoms with E-state index in [4.69, 9.17) is 11.6 Å². The maximum Gasteiger partial charge on any atom is 0.434 e. The lowest BCUT2D eigenvalue weighted by Crippen LogP contribution is -2.12. The van der Waals surface area contributed by atoms with Crippen molar-refractivity contribution in [3.05, 3.63) is 37.2 Å². The zero-order chi connectivity index (χ0) is 17.7. The van der Waals surface area contributed by atoms with Gasteiger partial charge in [0.1, 0.15) is 17.1 Å². The van der Waals surface area contributed by atoms with E-state index in [9.17, 15) is 32.8 Å². The van der Waals surface area contributed by atoms with Crippen molar-refractivity contribution in [2.24, 2.45) is 7.05 Å². The summed E-state index contributed by atoms with van der Waals surface area (Å²) in [6.45, 7) is 0. The Labute approximate surface area is 138 Å². The number of phenolic OH excluding ortho intramolecular Hbond substituents is 1. The molecule has 1 aromatic heterocycles. The molecule has 23 heavy (non-hydrogen) atoms. The SMILES string of the molecule is Cn1nc(-c2c(F)cc(Cl)c(O)c2[N+](=O)[O-])c(Br)c1C(F)(F)F. The van der Waals surface area contributed by atoms with Crippen LogP contribution in [0.5, 0.6) is 5.75 Å². The van der Waals surface area contributed by atoms with Crippen molar-refractivity contribution in [1.82, 2.24) is 9.78 Å². The number of rotatable bonds is 2. The lowest BCUT2D eigenvalue weighted by Gasteiger charge is -2.07. The van der Waals surface area contributed by atoms with Crippen molar-refractivity contribution in [3.8, 4) is 17.0 Å². The van der Waals surface area contributed by atoms with E-state index in [1.54, 1.807) is 0 Å². The summed E-state index contributed by atoms with van der Waals surface area (Å²) < 4.78 is 52.7. The van der Waals surface area contributed by atoms with E-state index in [1.807, 2.05) is 0 Å². The molecule has 12 heteroatoms. The summed E-state index contributed by atoms with van der Waals surface area (Å²) in [5.41, 5.74) is -4.04. The molecule has 0 aliphatic carbocycles. The van der Waals surface area contributed by atoms with E-state index < -0.39 is 54.8 Å². The lowest BCUT2D eigenvalue weighted by molar-refractivity contribution is -0.385. The summed E-state index contributed by atoms with van der Waals surface area (Å²) in [7, 11) is 0.941. The van der Waals surface area contributed by atoms with Crippen molar-refractivity contribution in [2.75, 3.05) is 0 Å². The second kappa shape index (κ2) is 5.64. The monoisotopic (exact) mass is 417 g/mol. The topological polar surface area (TPSA) is 81.2 Å². The number of nitro benzene ring substituents is 1. The summed E-state index contributed by atoms with van der Waals surface area (Å²) >= 11 is 8.09. The summed E-state index contributed by atoms with van der Waals surface area (Å²) in [4.78, 5) is 9.91. The Bertz CT molecular complexity index is 822. The zero-order valence-electron chi connectivity index (χ0n) is 11.0. The fourth-order valence-electron chi connectivity index (χ4n) is 1.97. The number of alkyl halides is 3. The van der Waals surface area contributed by atoms with Crippen molar-refractivity contribution in [1.29, 1.82) is 0 Å². The van der Waals surface area contributed by atoms with Gasteiger partial charge in [0, 0.05) is 7.05 Å². The Hall–Kier alpha value is -1.88. The van der Waals surface area contributed by atoms with Gasteiger partial charge in [0.25, 0.3) is 0 Å². The number of halogens is 6. The smallest absolute Gasteiger partial charge is 0.434 e. The van der Waals surface area contributed by atoms with Gasteiger partial charge in [-0.1, -0.05) is 11.6 Å². The van der Waals surface area contributed by atoms with Crippen molar-refractivity contribution >= 4 is 33.2 Å². The fraction of sp³-hybridized carbons (Fsp3) is 0.182. The van der Waals surface area contributed by atoms with Crippen LogP contribution in [0, 0.1) is 15.9 Å². The van der Waals surface area contributed by atoms with E-state index in [0.29, 0.717) is 10.7 Å². The first-order chi connectivity index (χ1) is 10.5. The second-order valence-corrected chi connectivity index (χ2v) is 5.50. The van der Waals surface area contributed by atoms with Gasteiger partial charge in [0.15, 0.2) is 5.69 Å². The molecule has 0 saturated carbocycles. The Kier molecular flexibility index (Phi) is 4.28. The molecular weight excluding hydrogens is 413 g/mol. The highest BCUT2D eigenvalue weighted by atomic mass is 79.9. The van der Waals surface area contributed by atoms with Gasteiger partial charge in [-0.3, -0.25) is 14.8 Å². The third kappa shape index (κ3) is 2.85. The van der Waals surface area contributed by atoms with Crippen LogP contribution in [0.3, 0.4) is 0 Å². The van der Waals surface area contributed by atoms with Crippen LogP contribution in [0.25, 0.3) is 11.3 Å². The number of hydrogen-bond acceptors (Lipinski definition) is 4. The number of nitrogens with zero attached hydrogens (tertiary/aromatic N) is 3.